The smallest absolute Gasteiger partial charge is 0.421 e. The SMILES string of the molecule is CC(C)(C)OC(=O)N1C(=O)CC2CC=CC=C21. The second-order valence-corrected chi connectivity index (χ2v) is 5.37. The van der Waals surface area contributed by atoms with Crippen LogP contribution in [0.2, 0.25) is 0 Å². The van der Waals surface area contributed by atoms with Crippen molar-refractivity contribution in [1.29, 1.82) is 0 Å². The predicted molar refractivity (Wildman–Crippen MR) is 63.0 cm³/mol. The van der Waals surface area contributed by atoms with E-state index in [2.05, 4.69) is 0 Å². The van der Waals surface area contributed by atoms with Gasteiger partial charge in [0, 0.05) is 18.0 Å². The summed E-state index contributed by atoms with van der Waals surface area (Å²) in [5.41, 5.74) is 0.187. The third-order valence-electron chi connectivity index (χ3n) is 2.75. The van der Waals surface area contributed by atoms with Crippen LogP contribution < -0.4 is 0 Å². The van der Waals surface area contributed by atoms with Gasteiger partial charge in [0.05, 0.1) is 0 Å². The van der Waals surface area contributed by atoms with Gasteiger partial charge in [0.1, 0.15) is 5.60 Å². The van der Waals surface area contributed by atoms with Crippen molar-refractivity contribution < 1.29 is 14.3 Å². The van der Waals surface area contributed by atoms with Crippen LogP contribution in [0.5, 0.6) is 0 Å². The average molecular weight is 235 g/mol. The quantitative estimate of drug-likeness (QED) is 0.648. The van der Waals surface area contributed by atoms with Gasteiger partial charge in [-0.3, -0.25) is 4.79 Å². The normalized spacial score (nSPS) is 23.5. The van der Waals surface area contributed by atoms with Crippen molar-refractivity contribution in [2.45, 2.75) is 39.2 Å². The van der Waals surface area contributed by atoms with Crippen molar-refractivity contribution >= 4 is 12.0 Å². The Morgan fingerprint density at radius 3 is 2.82 bits per heavy atom. The number of likely N-dealkylation sites (tertiary alicyclic amines) is 1. The predicted octanol–water partition coefficient (Wildman–Crippen LogP) is 2.61. The molecule has 92 valence electrons. The first-order valence-electron chi connectivity index (χ1n) is 5.81. The van der Waals surface area contributed by atoms with Crippen LogP contribution >= 0.6 is 0 Å². The van der Waals surface area contributed by atoms with Crippen molar-refractivity contribution in [3.8, 4) is 0 Å². The minimum absolute atomic E-state index is 0.139. The van der Waals surface area contributed by atoms with Crippen LogP contribution in [-0.2, 0) is 9.53 Å². The van der Waals surface area contributed by atoms with Crippen LogP contribution in [0.15, 0.2) is 23.9 Å². The molecule has 2 rings (SSSR count). The molecule has 0 N–H and O–H groups in total. The van der Waals surface area contributed by atoms with E-state index >= 15 is 0 Å². The molecule has 17 heavy (non-hydrogen) atoms. The Bertz CT molecular complexity index is 415. The van der Waals surface area contributed by atoms with Gasteiger partial charge in [-0.25, -0.2) is 9.69 Å². The van der Waals surface area contributed by atoms with Gasteiger partial charge < -0.3 is 4.74 Å². The summed E-state index contributed by atoms with van der Waals surface area (Å²) in [7, 11) is 0. The summed E-state index contributed by atoms with van der Waals surface area (Å²) < 4.78 is 5.24. The molecule has 1 heterocycles. The molecule has 0 aromatic heterocycles. The maximum absolute atomic E-state index is 11.9. The standard InChI is InChI=1S/C13H17NO3/c1-13(2,3)17-12(16)14-10-7-5-4-6-9(10)8-11(14)15/h4-5,7,9H,6,8H2,1-3H3. The zero-order valence-electron chi connectivity index (χ0n) is 10.4. The van der Waals surface area contributed by atoms with E-state index in [1.165, 1.54) is 4.90 Å². The lowest BCUT2D eigenvalue weighted by Gasteiger charge is -2.25. The van der Waals surface area contributed by atoms with Crippen molar-refractivity contribution in [3.05, 3.63) is 23.9 Å². The maximum atomic E-state index is 11.9. The highest BCUT2D eigenvalue weighted by molar-refractivity contribution is 5.97. The highest BCUT2D eigenvalue weighted by atomic mass is 16.6. The van der Waals surface area contributed by atoms with Crippen LogP contribution in [0.25, 0.3) is 0 Å². The van der Waals surface area contributed by atoms with Crippen molar-refractivity contribution in [2.24, 2.45) is 5.92 Å². The van der Waals surface area contributed by atoms with Gasteiger partial charge in [-0.1, -0.05) is 12.2 Å². The number of hydrogen-bond donors (Lipinski definition) is 0. The summed E-state index contributed by atoms with van der Waals surface area (Å²) in [6.07, 6.45) is 6.36. The van der Waals surface area contributed by atoms with Gasteiger partial charge in [-0.2, -0.15) is 0 Å². The van der Waals surface area contributed by atoms with Crippen molar-refractivity contribution in [3.63, 3.8) is 0 Å². The molecule has 0 aromatic carbocycles. The third-order valence-corrected chi connectivity index (χ3v) is 2.75. The van der Waals surface area contributed by atoms with E-state index in [0.29, 0.717) is 6.42 Å². The van der Waals surface area contributed by atoms with E-state index in [4.69, 9.17) is 4.74 Å². The molecule has 0 bridgehead atoms. The van der Waals surface area contributed by atoms with Gasteiger partial charge in [-0.05, 0) is 33.3 Å². The fourth-order valence-electron chi connectivity index (χ4n) is 2.07. The number of imide groups is 1. The molecule has 1 aliphatic heterocycles. The highest BCUT2D eigenvalue weighted by Gasteiger charge is 2.40. The Morgan fingerprint density at radius 2 is 2.18 bits per heavy atom. The maximum Gasteiger partial charge on any atom is 0.421 e. The molecule has 2 amide bonds. The van der Waals surface area contributed by atoms with E-state index < -0.39 is 11.7 Å². The number of ether oxygens (including phenoxy) is 1. The summed E-state index contributed by atoms with van der Waals surface area (Å²) in [4.78, 5) is 24.9. The van der Waals surface area contributed by atoms with Crippen molar-refractivity contribution in [2.75, 3.05) is 0 Å². The fourth-order valence-corrected chi connectivity index (χ4v) is 2.07. The molecule has 0 aromatic rings. The number of amides is 2. The lowest BCUT2D eigenvalue weighted by atomic mass is 9.97. The van der Waals surface area contributed by atoms with Crippen LogP contribution in [0.1, 0.15) is 33.6 Å². The molecule has 1 unspecified atom stereocenters. The van der Waals surface area contributed by atoms with E-state index in [1.807, 2.05) is 18.2 Å². The number of carbonyl (C=O) groups is 2. The van der Waals surface area contributed by atoms with Crippen LogP contribution in [0, 0.1) is 5.92 Å². The Kier molecular flexibility index (Phi) is 2.81. The molecule has 0 spiro atoms. The monoisotopic (exact) mass is 235 g/mol. The van der Waals surface area contributed by atoms with Crippen LogP contribution in [-0.4, -0.2) is 22.5 Å². The minimum atomic E-state index is -0.583. The molecular weight excluding hydrogens is 218 g/mol. The first-order valence-corrected chi connectivity index (χ1v) is 5.81. The zero-order valence-corrected chi connectivity index (χ0v) is 10.4. The number of rotatable bonds is 0. The van der Waals surface area contributed by atoms with Gasteiger partial charge in [-0.15, -0.1) is 0 Å². The van der Waals surface area contributed by atoms with Gasteiger partial charge >= 0.3 is 6.09 Å². The third kappa shape index (κ3) is 2.40. The number of hydrogen-bond acceptors (Lipinski definition) is 3. The topological polar surface area (TPSA) is 46.6 Å². The first kappa shape index (κ1) is 11.9. The Balaban J connectivity index is 2.19. The molecule has 0 radical (unpaired) electrons. The van der Waals surface area contributed by atoms with E-state index in [-0.39, 0.29) is 11.8 Å². The molecule has 0 saturated carbocycles. The zero-order chi connectivity index (χ0) is 12.6. The lowest BCUT2D eigenvalue weighted by Crippen LogP contribution is -2.36. The second kappa shape index (κ2) is 4.02. The molecular formula is C13H17NO3. The van der Waals surface area contributed by atoms with Gasteiger partial charge in [0.2, 0.25) is 5.91 Å². The van der Waals surface area contributed by atoms with Gasteiger partial charge in [0.25, 0.3) is 0 Å². The number of fused-ring (bicyclic) bond motifs is 1. The molecule has 1 fully saturated rings. The van der Waals surface area contributed by atoms with E-state index in [0.717, 1.165) is 12.1 Å². The number of carbonyl (C=O) groups excluding carboxylic acids is 2. The Morgan fingerprint density at radius 1 is 1.47 bits per heavy atom. The molecule has 4 nitrogen and oxygen atoms in total. The number of allylic oxidation sites excluding steroid dienone is 4. The second-order valence-electron chi connectivity index (χ2n) is 5.37. The van der Waals surface area contributed by atoms with Crippen LogP contribution in [0.3, 0.4) is 0 Å². The van der Waals surface area contributed by atoms with Crippen LogP contribution in [0.4, 0.5) is 4.79 Å². The fraction of sp³-hybridized carbons (Fsp3) is 0.538. The molecule has 1 saturated heterocycles. The summed E-state index contributed by atoms with van der Waals surface area (Å²) >= 11 is 0. The largest absolute Gasteiger partial charge is 0.443 e. The lowest BCUT2D eigenvalue weighted by molar-refractivity contribution is -0.126. The summed E-state index contributed by atoms with van der Waals surface area (Å²) in [6, 6.07) is 0. The van der Waals surface area contributed by atoms with Gasteiger partial charge in [0.15, 0.2) is 0 Å². The molecule has 4 heteroatoms. The minimum Gasteiger partial charge on any atom is -0.443 e. The summed E-state index contributed by atoms with van der Waals surface area (Å²) in [5, 5.41) is 0. The Labute approximate surface area is 101 Å². The number of nitrogens with zero attached hydrogens (tertiary/aromatic N) is 1. The molecule has 1 atom stereocenters. The summed E-state index contributed by atoms with van der Waals surface area (Å²) in [5.74, 6) is -0.0285. The molecule has 1 aliphatic carbocycles. The molecule has 2 aliphatic rings. The summed E-state index contributed by atoms with van der Waals surface area (Å²) in [6.45, 7) is 5.37. The van der Waals surface area contributed by atoms with E-state index in [1.54, 1.807) is 20.8 Å². The first-order chi connectivity index (χ1) is 7.88. The Hall–Kier alpha value is -1.58. The average Bonchev–Trinajstić information content (AvgIpc) is 2.50. The van der Waals surface area contributed by atoms with Crippen molar-refractivity contribution in [1.82, 2.24) is 4.90 Å². The van der Waals surface area contributed by atoms with E-state index in [9.17, 15) is 9.59 Å². The highest BCUT2D eigenvalue weighted by Crippen LogP contribution is 2.35.